The molecule has 0 bridgehead atoms. The van der Waals surface area contributed by atoms with Crippen LogP contribution in [0.4, 0.5) is 4.39 Å². The van der Waals surface area contributed by atoms with Crippen LogP contribution >= 0.6 is 11.6 Å². The number of hydrogen-bond acceptors (Lipinski definition) is 2. The molecule has 3 N–H and O–H groups in total. The Hall–Kier alpha value is -2.52. The Kier molecular flexibility index (Phi) is 4.92. The number of aryl methyl sites for hydroxylation is 1. The van der Waals surface area contributed by atoms with Crippen LogP contribution in [0.15, 0.2) is 6.07 Å². The lowest BCUT2D eigenvalue weighted by Crippen LogP contribution is -2.38. The lowest BCUT2D eigenvalue weighted by Gasteiger charge is -2.32. The van der Waals surface area contributed by atoms with E-state index in [0.717, 1.165) is 12.5 Å². The number of rotatable bonds is 2. The Labute approximate surface area is 155 Å². The molecule has 2 amide bonds. The van der Waals surface area contributed by atoms with Gasteiger partial charge in [0.15, 0.2) is 0 Å². The maximum absolute atomic E-state index is 15.0. The molecule has 2 aromatic rings. The van der Waals surface area contributed by atoms with Gasteiger partial charge in [-0.15, -0.1) is 0 Å². The van der Waals surface area contributed by atoms with Crippen LogP contribution < -0.4 is 5.73 Å². The number of carbonyl (C=O) groups is 2. The Bertz CT molecular complexity index is 971. The largest absolute Gasteiger partial charge is 0.366 e. The van der Waals surface area contributed by atoms with Crippen molar-refractivity contribution in [2.45, 2.75) is 32.6 Å². The van der Waals surface area contributed by atoms with E-state index in [4.69, 9.17) is 17.3 Å². The van der Waals surface area contributed by atoms with E-state index in [1.165, 1.54) is 0 Å². The van der Waals surface area contributed by atoms with E-state index in [0.29, 0.717) is 46.7 Å². The fourth-order valence-corrected chi connectivity index (χ4v) is 3.87. The van der Waals surface area contributed by atoms with Gasteiger partial charge in [0.1, 0.15) is 5.82 Å². The third kappa shape index (κ3) is 3.04. The van der Waals surface area contributed by atoms with Crippen molar-refractivity contribution < 1.29 is 14.0 Å². The summed E-state index contributed by atoms with van der Waals surface area (Å²) in [6, 6.07) is 1.15. The molecular formula is C19H19ClFN3O2. The lowest BCUT2D eigenvalue weighted by atomic mass is 9.87. The average molecular weight is 376 g/mol. The standard InChI is InChI=1S/C19H19ClFN3O2/c1-3-5-14(25)24-7-4-6-11(9-24)15-13(21)8-12(19(22)26)18-16(15)17(20)10(2)23-18/h8,11,23H,4,6-7,9H2,1-2H3,(H2,22,26)/t11-/m1/s1. The highest BCUT2D eigenvalue weighted by atomic mass is 35.5. The Morgan fingerprint density at radius 3 is 2.85 bits per heavy atom. The predicted octanol–water partition coefficient (Wildman–Crippen LogP) is 3.10. The quantitative estimate of drug-likeness (QED) is 0.791. The van der Waals surface area contributed by atoms with Crippen molar-refractivity contribution in [1.29, 1.82) is 0 Å². The van der Waals surface area contributed by atoms with Crippen molar-refractivity contribution >= 4 is 34.3 Å². The molecule has 0 radical (unpaired) electrons. The number of nitrogens with two attached hydrogens (primary N) is 1. The van der Waals surface area contributed by atoms with Crippen LogP contribution in [0, 0.1) is 24.6 Å². The van der Waals surface area contributed by atoms with E-state index in [9.17, 15) is 14.0 Å². The van der Waals surface area contributed by atoms with Crippen molar-refractivity contribution in [3.05, 3.63) is 33.7 Å². The zero-order valence-electron chi connectivity index (χ0n) is 14.6. The number of nitrogens with zero attached hydrogens (tertiary/aromatic N) is 1. The zero-order valence-corrected chi connectivity index (χ0v) is 15.3. The summed E-state index contributed by atoms with van der Waals surface area (Å²) in [6.45, 7) is 4.31. The van der Waals surface area contributed by atoms with Gasteiger partial charge in [0.2, 0.25) is 0 Å². The second kappa shape index (κ2) is 7.00. The number of aromatic nitrogens is 1. The van der Waals surface area contributed by atoms with E-state index in [2.05, 4.69) is 16.8 Å². The molecule has 1 atom stereocenters. The second-order valence-electron chi connectivity index (χ2n) is 6.46. The van der Waals surface area contributed by atoms with Crippen molar-refractivity contribution in [3.63, 3.8) is 0 Å². The Balaban J connectivity index is 2.14. The molecule has 136 valence electrons. The molecule has 1 aliphatic heterocycles. The fourth-order valence-electron chi connectivity index (χ4n) is 3.63. The van der Waals surface area contributed by atoms with Crippen molar-refractivity contribution in [2.24, 2.45) is 5.73 Å². The van der Waals surface area contributed by atoms with Crippen LogP contribution in [0.5, 0.6) is 0 Å². The normalized spacial score (nSPS) is 17.1. The number of amides is 2. The molecule has 1 fully saturated rings. The summed E-state index contributed by atoms with van der Waals surface area (Å²) in [4.78, 5) is 28.5. The van der Waals surface area contributed by atoms with Crippen molar-refractivity contribution in [1.82, 2.24) is 9.88 Å². The monoisotopic (exact) mass is 375 g/mol. The van der Waals surface area contributed by atoms with Gasteiger partial charge in [-0.2, -0.15) is 0 Å². The van der Waals surface area contributed by atoms with E-state index in [1.54, 1.807) is 18.7 Å². The summed E-state index contributed by atoms with van der Waals surface area (Å²) in [6.07, 6.45) is 1.45. The SMILES string of the molecule is CC#CC(=O)N1CCC[C@@H](c2c(F)cc(C(N)=O)c3[nH]c(C)c(Cl)c23)C1. The molecule has 5 nitrogen and oxygen atoms in total. The van der Waals surface area contributed by atoms with Gasteiger partial charge in [-0.1, -0.05) is 17.5 Å². The molecule has 0 saturated carbocycles. The number of hydrogen-bond donors (Lipinski definition) is 2. The van der Waals surface area contributed by atoms with Gasteiger partial charge in [0.05, 0.1) is 16.1 Å². The Morgan fingerprint density at radius 2 is 2.19 bits per heavy atom. The van der Waals surface area contributed by atoms with Gasteiger partial charge < -0.3 is 15.6 Å². The summed E-state index contributed by atoms with van der Waals surface area (Å²) in [5.41, 5.74) is 6.95. The number of likely N-dealkylation sites (tertiary alicyclic amines) is 1. The first-order chi connectivity index (χ1) is 12.3. The molecule has 1 saturated heterocycles. The highest BCUT2D eigenvalue weighted by molar-refractivity contribution is 6.37. The molecule has 1 aromatic carbocycles. The molecule has 0 spiro atoms. The van der Waals surface area contributed by atoms with Gasteiger partial charge in [-0.25, -0.2) is 4.39 Å². The fraction of sp³-hybridized carbons (Fsp3) is 0.368. The Morgan fingerprint density at radius 1 is 1.46 bits per heavy atom. The maximum Gasteiger partial charge on any atom is 0.298 e. The number of benzene rings is 1. The number of carbonyl (C=O) groups excluding carboxylic acids is 2. The number of piperidine rings is 1. The molecule has 1 aliphatic rings. The van der Waals surface area contributed by atoms with Crippen LogP contribution in [-0.2, 0) is 4.79 Å². The minimum atomic E-state index is -0.725. The molecule has 2 heterocycles. The number of H-pyrrole nitrogens is 1. The minimum Gasteiger partial charge on any atom is -0.366 e. The van der Waals surface area contributed by atoms with Gasteiger partial charge in [-0.05, 0) is 38.7 Å². The zero-order chi connectivity index (χ0) is 19.0. The number of nitrogens with one attached hydrogen (secondary N) is 1. The minimum absolute atomic E-state index is 0.0665. The van der Waals surface area contributed by atoms with Gasteiger partial charge in [-0.3, -0.25) is 9.59 Å². The van der Waals surface area contributed by atoms with Gasteiger partial charge >= 0.3 is 0 Å². The summed E-state index contributed by atoms with van der Waals surface area (Å²) >= 11 is 6.41. The van der Waals surface area contributed by atoms with Crippen LogP contribution in [0.1, 0.15) is 47.3 Å². The molecule has 3 rings (SSSR count). The third-order valence-corrected chi connectivity index (χ3v) is 5.26. The molecular weight excluding hydrogens is 357 g/mol. The molecule has 1 aromatic heterocycles. The summed E-state index contributed by atoms with van der Waals surface area (Å²) in [7, 11) is 0. The van der Waals surface area contributed by atoms with Gasteiger partial charge in [0.25, 0.3) is 11.8 Å². The van der Waals surface area contributed by atoms with E-state index >= 15 is 0 Å². The van der Waals surface area contributed by atoms with Crippen LogP contribution in [0.2, 0.25) is 5.02 Å². The van der Waals surface area contributed by atoms with Gasteiger partial charge in [0, 0.05) is 35.7 Å². The lowest BCUT2D eigenvalue weighted by molar-refractivity contribution is -0.126. The first-order valence-corrected chi connectivity index (χ1v) is 8.74. The highest BCUT2D eigenvalue weighted by Crippen LogP contribution is 2.40. The number of primary amides is 1. The summed E-state index contributed by atoms with van der Waals surface area (Å²) < 4.78 is 15.0. The number of aromatic amines is 1. The first-order valence-electron chi connectivity index (χ1n) is 8.36. The van der Waals surface area contributed by atoms with Crippen LogP contribution in [0.3, 0.4) is 0 Å². The van der Waals surface area contributed by atoms with E-state index in [1.807, 2.05) is 0 Å². The molecule has 0 unspecified atom stereocenters. The number of fused-ring (bicyclic) bond motifs is 1. The van der Waals surface area contributed by atoms with E-state index in [-0.39, 0.29) is 17.4 Å². The second-order valence-corrected chi connectivity index (χ2v) is 6.84. The number of halogens is 2. The van der Waals surface area contributed by atoms with Crippen molar-refractivity contribution in [3.8, 4) is 11.8 Å². The molecule has 26 heavy (non-hydrogen) atoms. The summed E-state index contributed by atoms with van der Waals surface area (Å²) in [5.74, 6) is 3.37. The molecule has 0 aliphatic carbocycles. The van der Waals surface area contributed by atoms with Crippen molar-refractivity contribution in [2.75, 3.05) is 13.1 Å². The van der Waals surface area contributed by atoms with E-state index < -0.39 is 11.7 Å². The van der Waals surface area contributed by atoms with Crippen LogP contribution in [0.25, 0.3) is 10.9 Å². The maximum atomic E-state index is 15.0. The topological polar surface area (TPSA) is 79.2 Å². The smallest absolute Gasteiger partial charge is 0.298 e. The molecule has 7 heteroatoms. The first kappa shape index (κ1) is 18.3. The predicted molar refractivity (Wildman–Crippen MR) is 98.5 cm³/mol. The summed E-state index contributed by atoms with van der Waals surface area (Å²) in [5, 5.41) is 0.840. The third-order valence-electron chi connectivity index (χ3n) is 4.79. The van der Waals surface area contributed by atoms with Crippen LogP contribution in [-0.4, -0.2) is 34.8 Å². The highest BCUT2D eigenvalue weighted by Gasteiger charge is 2.30. The average Bonchev–Trinajstić information content (AvgIpc) is 2.90.